The zero-order valence-electron chi connectivity index (χ0n) is 19.1. The summed E-state index contributed by atoms with van der Waals surface area (Å²) in [7, 11) is 0. The fourth-order valence-corrected chi connectivity index (χ4v) is 5.55. The molecule has 1 aliphatic heterocycles. The van der Waals surface area contributed by atoms with Crippen molar-refractivity contribution in [3.8, 4) is 11.1 Å². The molecule has 1 saturated carbocycles. The first-order valence-electron chi connectivity index (χ1n) is 11.7. The monoisotopic (exact) mass is 448 g/mol. The molecule has 3 aromatic rings. The van der Waals surface area contributed by atoms with Crippen molar-refractivity contribution in [3.63, 3.8) is 0 Å². The van der Waals surface area contributed by atoms with Crippen LogP contribution in [0.4, 0.5) is 10.1 Å². The second kappa shape index (κ2) is 7.97. The summed E-state index contributed by atoms with van der Waals surface area (Å²) in [6, 6.07) is 5.23. The van der Waals surface area contributed by atoms with E-state index in [1.807, 2.05) is 12.1 Å². The van der Waals surface area contributed by atoms with E-state index in [1.165, 1.54) is 12.5 Å². The number of aromatic nitrogens is 2. The number of rotatable bonds is 4. The summed E-state index contributed by atoms with van der Waals surface area (Å²) in [6.07, 6.45) is 9.83. The molecule has 1 amide bonds. The standard InChI is InChI=1S/C26H29FN4O2/c1-26(2)12-20-23(17-8-9-29-14-21(17)31(20)22(32)13-26)15-10-18(27)24(25(28)33)19(11-15)30-16-6-4-3-5-7-16/h8-11,14,16,30H,3-7,12-13H2,1-2H3,(H2,28,33). The number of carbonyl (C=O) groups excluding carboxylic acids is 2. The van der Waals surface area contributed by atoms with E-state index < -0.39 is 11.7 Å². The number of anilines is 1. The van der Waals surface area contributed by atoms with E-state index in [9.17, 15) is 9.59 Å². The molecule has 0 spiro atoms. The number of hydrogen-bond donors (Lipinski definition) is 2. The third kappa shape index (κ3) is 3.79. The number of primary amides is 1. The number of nitrogens with two attached hydrogens (primary N) is 1. The van der Waals surface area contributed by atoms with Gasteiger partial charge in [-0.2, -0.15) is 0 Å². The van der Waals surface area contributed by atoms with Crippen molar-refractivity contribution in [2.75, 3.05) is 5.32 Å². The highest BCUT2D eigenvalue weighted by Gasteiger charge is 2.35. The Balaban J connectivity index is 1.72. The van der Waals surface area contributed by atoms with Gasteiger partial charge in [-0.3, -0.25) is 19.1 Å². The molecule has 0 atom stereocenters. The van der Waals surface area contributed by atoms with Gasteiger partial charge in [-0.05, 0) is 48.4 Å². The highest BCUT2D eigenvalue weighted by molar-refractivity contribution is 6.06. The quantitative estimate of drug-likeness (QED) is 0.567. The van der Waals surface area contributed by atoms with E-state index in [1.54, 1.807) is 17.0 Å². The summed E-state index contributed by atoms with van der Waals surface area (Å²) >= 11 is 0. The van der Waals surface area contributed by atoms with Crippen molar-refractivity contribution >= 4 is 28.4 Å². The van der Waals surface area contributed by atoms with Gasteiger partial charge in [0, 0.05) is 35.3 Å². The van der Waals surface area contributed by atoms with Crippen LogP contribution in [0.15, 0.2) is 30.6 Å². The minimum absolute atomic E-state index is 0.0142. The molecule has 0 radical (unpaired) electrons. The van der Waals surface area contributed by atoms with Gasteiger partial charge in [-0.1, -0.05) is 33.1 Å². The van der Waals surface area contributed by atoms with E-state index in [4.69, 9.17) is 5.73 Å². The van der Waals surface area contributed by atoms with Gasteiger partial charge in [0.2, 0.25) is 5.91 Å². The summed E-state index contributed by atoms with van der Waals surface area (Å²) in [6.45, 7) is 4.14. The molecule has 33 heavy (non-hydrogen) atoms. The Morgan fingerprint density at radius 3 is 2.70 bits per heavy atom. The third-order valence-electron chi connectivity index (χ3n) is 6.98. The summed E-state index contributed by atoms with van der Waals surface area (Å²) < 4.78 is 17.1. The molecule has 0 bridgehead atoms. The molecule has 7 heteroatoms. The topological polar surface area (TPSA) is 90.0 Å². The van der Waals surface area contributed by atoms with Crippen LogP contribution in [0, 0.1) is 11.2 Å². The molecular weight excluding hydrogens is 419 g/mol. The number of amides is 1. The Labute approximate surface area is 192 Å². The first-order chi connectivity index (χ1) is 15.7. The van der Waals surface area contributed by atoms with E-state index in [0.29, 0.717) is 24.1 Å². The zero-order chi connectivity index (χ0) is 23.3. The number of pyridine rings is 1. The SMILES string of the molecule is CC1(C)CC(=O)n2c(c(-c3cc(F)c(C(N)=O)c(NC4CCCCC4)c3)c3ccncc32)C1. The second-order valence-corrected chi connectivity index (χ2v) is 10.2. The average Bonchev–Trinajstić information content (AvgIpc) is 3.06. The first-order valence-corrected chi connectivity index (χ1v) is 11.7. The van der Waals surface area contributed by atoms with Crippen LogP contribution in [-0.2, 0) is 6.42 Å². The van der Waals surface area contributed by atoms with Crippen molar-refractivity contribution in [2.45, 2.75) is 64.8 Å². The van der Waals surface area contributed by atoms with Gasteiger partial charge in [0.25, 0.3) is 5.91 Å². The maximum Gasteiger partial charge on any atom is 0.253 e. The number of hydrogen-bond acceptors (Lipinski definition) is 4. The third-order valence-corrected chi connectivity index (χ3v) is 6.98. The molecule has 172 valence electrons. The maximum absolute atomic E-state index is 15.3. The van der Waals surface area contributed by atoms with Crippen LogP contribution in [0.5, 0.6) is 0 Å². The van der Waals surface area contributed by atoms with E-state index >= 15 is 4.39 Å². The Kier molecular flexibility index (Phi) is 5.22. The van der Waals surface area contributed by atoms with Crippen LogP contribution >= 0.6 is 0 Å². The fourth-order valence-electron chi connectivity index (χ4n) is 5.55. The molecule has 3 N–H and O–H groups in total. The van der Waals surface area contributed by atoms with Gasteiger partial charge < -0.3 is 11.1 Å². The van der Waals surface area contributed by atoms with Crippen LogP contribution in [-0.4, -0.2) is 27.4 Å². The molecular formula is C26H29FN4O2. The summed E-state index contributed by atoms with van der Waals surface area (Å²) in [4.78, 5) is 29.5. The van der Waals surface area contributed by atoms with Crippen molar-refractivity contribution < 1.29 is 14.0 Å². The molecule has 3 heterocycles. The lowest BCUT2D eigenvalue weighted by molar-refractivity contribution is 0.0816. The van der Waals surface area contributed by atoms with Crippen LogP contribution in [0.2, 0.25) is 0 Å². The van der Waals surface area contributed by atoms with Gasteiger partial charge in [0.15, 0.2) is 0 Å². The summed E-state index contributed by atoms with van der Waals surface area (Å²) in [5, 5.41) is 4.25. The molecule has 0 saturated heterocycles. The first kappa shape index (κ1) is 21.6. The van der Waals surface area contributed by atoms with E-state index in [-0.39, 0.29) is 22.9 Å². The van der Waals surface area contributed by atoms with Gasteiger partial charge in [0.05, 0.1) is 23.0 Å². The van der Waals surface area contributed by atoms with Gasteiger partial charge in [-0.25, -0.2) is 4.39 Å². The second-order valence-electron chi connectivity index (χ2n) is 10.2. The van der Waals surface area contributed by atoms with Crippen LogP contribution in [0.3, 0.4) is 0 Å². The molecule has 2 aromatic heterocycles. The largest absolute Gasteiger partial charge is 0.382 e. The molecule has 0 unspecified atom stereocenters. The van der Waals surface area contributed by atoms with Gasteiger partial charge in [0.1, 0.15) is 5.82 Å². The molecule has 1 fully saturated rings. The molecule has 1 aromatic carbocycles. The zero-order valence-corrected chi connectivity index (χ0v) is 19.1. The minimum Gasteiger partial charge on any atom is -0.382 e. The minimum atomic E-state index is -0.790. The lowest BCUT2D eigenvalue weighted by atomic mass is 9.80. The lowest BCUT2D eigenvalue weighted by Gasteiger charge is -2.30. The van der Waals surface area contributed by atoms with Crippen molar-refractivity contribution in [3.05, 3.63) is 47.7 Å². The van der Waals surface area contributed by atoms with Crippen molar-refractivity contribution in [1.82, 2.24) is 9.55 Å². The van der Waals surface area contributed by atoms with E-state index in [2.05, 4.69) is 24.1 Å². The number of fused-ring (bicyclic) bond motifs is 3. The summed E-state index contributed by atoms with van der Waals surface area (Å²) in [5.74, 6) is -1.43. The van der Waals surface area contributed by atoms with Gasteiger partial charge in [-0.15, -0.1) is 0 Å². The van der Waals surface area contributed by atoms with Crippen LogP contribution in [0.1, 0.15) is 73.2 Å². The number of nitrogens with zero attached hydrogens (tertiary/aromatic N) is 2. The highest BCUT2D eigenvalue weighted by Crippen LogP contribution is 2.43. The Morgan fingerprint density at radius 1 is 1.21 bits per heavy atom. The predicted octanol–water partition coefficient (Wildman–Crippen LogP) is 5.30. The molecule has 6 nitrogen and oxygen atoms in total. The number of nitrogens with one attached hydrogen (secondary N) is 1. The van der Waals surface area contributed by atoms with Crippen molar-refractivity contribution in [2.24, 2.45) is 11.1 Å². The smallest absolute Gasteiger partial charge is 0.253 e. The Morgan fingerprint density at radius 2 is 1.97 bits per heavy atom. The van der Waals surface area contributed by atoms with Crippen LogP contribution in [0.25, 0.3) is 22.0 Å². The van der Waals surface area contributed by atoms with Gasteiger partial charge >= 0.3 is 0 Å². The van der Waals surface area contributed by atoms with Crippen molar-refractivity contribution in [1.29, 1.82) is 0 Å². The van der Waals surface area contributed by atoms with Crippen LogP contribution < -0.4 is 11.1 Å². The predicted molar refractivity (Wildman–Crippen MR) is 127 cm³/mol. The van der Waals surface area contributed by atoms with E-state index in [0.717, 1.165) is 47.8 Å². The highest BCUT2D eigenvalue weighted by atomic mass is 19.1. The average molecular weight is 449 g/mol. The fraction of sp³-hybridized carbons (Fsp3) is 0.423. The summed E-state index contributed by atoms with van der Waals surface area (Å²) in [5.41, 5.74) is 8.70. The normalized spacial score (nSPS) is 18.3. The molecule has 2 aliphatic rings. The maximum atomic E-state index is 15.3. The number of carbonyl (C=O) groups is 2. The Bertz CT molecular complexity index is 1270. The number of halogens is 1. The molecule has 1 aliphatic carbocycles. The number of benzene rings is 1. The lowest BCUT2D eigenvalue weighted by Crippen LogP contribution is -2.31. The Hall–Kier alpha value is -3.22. The molecule has 5 rings (SSSR count).